The molecule has 0 aliphatic heterocycles. The Labute approximate surface area is 472 Å². The summed E-state index contributed by atoms with van der Waals surface area (Å²) in [5.41, 5.74) is 0. The lowest BCUT2D eigenvalue weighted by Gasteiger charge is -2.18. The monoisotopic (exact) mass is 1060 g/mol. The van der Waals surface area contributed by atoms with Gasteiger partial charge in [-0.3, -0.25) is 14.4 Å². The molecule has 0 bridgehead atoms. The predicted molar refractivity (Wildman–Crippen MR) is 330 cm³/mol. The van der Waals surface area contributed by atoms with Crippen LogP contribution in [-0.2, 0) is 28.6 Å². The number of carbonyl (C=O) groups excluding carboxylic acids is 3. The average Bonchev–Trinajstić information content (AvgIpc) is 3.42. The highest BCUT2D eigenvalue weighted by atomic mass is 16.6. The molecule has 0 saturated carbocycles. The molecule has 440 valence electrons. The van der Waals surface area contributed by atoms with Crippen molar-refractivity contribution in [1.82, 2.24) is 0 Å². The first-order valence-electron chi connectivity index (χ1n) is 32.9. The molecule has 0 spiro atoms. The molecule has 1 unspecified atom stereocenters. The second kappa shape index (κ2) is 64.4. The lowest BCUT2D eigenvalue weighted by molar-refractivity contribution is -0.167. The van der Waals surface area contributed by atoms with Crippen LogP contribution in [0.5, 0.6) is 0 Å². The largest absolute Gasteiger partial charge is 0.462 e. The maximum atomic E-state index is 12.9. The van der Waals surface area contributed by atoms with Crippen LogP contribution in [0.3, 0.4) is 0 Å². The lowest BCUT2D eigenvalue weighted by atomic mass is 10.0. The SMILES string of the molecule is CCCCCC/C=C\C/C=C\CCCCCCCCCC(=O)OC(COC(=O)CCCCCCC/C=C\CCCCCC)COC(=O)CCCCCCCCCCCCCC/C=C\C/C=C\C/C=C\CCCCCCC. The van der Waals surface area contributed by atoms with E-state index >= 15 is 0 Å². The highest BCUT2D eigenvalue weighted by Gasteiger charge is 2.19. The molecular weight excluding hydrogens is 937 g/mol. The van der Waals surface area contributed by atoms with Crippen molar-refractivity contribution in [3.05, 3.63) is 72.9 Å². The topological polar surface area (TPSA) is 78.9 Å². The number of rotatable bonds is 60. The predicted octanol–water partition coefficient (Wildman–Crippen LogP) is 22.5. The van der Waals surface area contributed by atoms with Gasteiger partial charge in [-0.2, -0.15) is 0 Å². The fraction of sp³-hybridized carbons (Fsp3) is 0.786. The Morgan fingerprint density at radius 1 is 0.263 bits per heavy atom. The average molecular weight is 1060 g/mol. The number of unbranched alkanes of at least 4 members (excludes halogenated alkanes) is 37. The molecule has 0 amide bonds. The van der Waals surface area contributed by atoms with E-state index in [1.54, 1.807) is 0 Å². The zero-order valence-corrected chi connectivity index (χ0v) is 50.5. The first-order chi connectivity index (χ1) is 37.5. The van der Waals surface area contributed by atoms with Gasteiger partial charge in [0.2, 0.25) is 0 Å². The summed E-state index contributed by atoms with van der Waals surface area (Å²) in [5.74, 6) is -0.885. The molecule has 0 aromatic carbocycles. The van der Waals surface area contributed by atoms with Gasteiger partial charge in [0.15, 0.2) is 6.10 Å². The van der Waals surface area contributed by atoms with Crippen molar-refractivity contribution in [3.8, 4) is 0 Å². The van der Waals surface area contributed by atoms with Gasteiger partial charge in [0.05, 0.1) is 0 Å². The number of ether oxygens (including phenoxy) is 3. The van der Waals surface area contributed by atoms with E-state index in [2.05, 4.69) is 93.7 Å². The van der Waals surface area contributed by atoms with Crippen molar-refractivity contribution < 1.29 is 28.6 Å². The zero-order chi connectivity index (χ0) is 55.0. The van der Waals surface area contributed by atoms with E-state index < -0.39 is 6.10 Å². The van der Waals surface area contributed by atoms with E-state index in [1.165, 1.54) is 205 Å². The fourth-order valence-corrected chi connectivity index (χ4v) is 9.42. The van der Waals surface area contributed by atoms with Crippen molar-refractivity contribution in [2.75, 3.05) is 13.2 Å². The molecule has 0 aliphatic carbocycles. The molecule has 0 fully saturated rings. The second-order valence-electron chi connectivity index (χ2n) is 22.0. The van der Waals surface area contributed by atoms with Crippen LogP contribution >= 0.6 is 0 Å². The fourth-order valence-electron chi connectivity index (χ4n) is 9.42. The molecule has 76 heavy (non-hydrogen) atoms. The van der Waals surface area contributed by atoms with E-state index in [1.807, 2.05) is 0 Å². The molecule has 1 atom stereocenters. The standard InChI is InChI=1S/C70H124O6/c1-4-7-10-13-16-19-22-25-27-29-31-32-33-34-35-36-37-38-39-41-42-45-48-51-54-57-60-63-69(72)75-66-67(65-74-68(71)62-59-56-53-50-47-44-24-21-18-15-12-9-6-3)76-70(73)64-61-58-55-52-49-46-43-40-30-28-26-23-20-17-14-11-8-5-2/h20-25,28-31,33-34,67H,4-19,26-27,32,35-66H2,1-3H3/b23-20-,24-21-,25-22-,30-28-,31-29-,34-33-. The summed E-state index contributed by atoms with van der Waals surface area (Å²) in [6.07, 6.45) is 83.4. The van der Waals surface area contributed by atoms with E-state index in [9.17, 15) is 14.4 Å². The Morgan fingerprint density at radius 2 is 0.474 bits per heavy atom. The van der Waals surface area contributed by atoms with Gasteiger partial charge in [-0.15, -0.1) is 0 Å². The molecule has 0 heterocycles. The van der Waals surface area contributed by atoms with Gasteiger partial charge < -0.3 is 14.2 Å². The number of carbonyl (C=O) groups is 3. The number of hydrogen-bond donors (Lipinski definition) is 0. The number of hydrogen-bond acceptors (Lipinski definition) is 6. The quantitative estimate of drug-likeness (QED) is 0.0261. The van der Waals surface area contributed by atoms with Gasteiger partial charge in [0.25, 0.3) is 0 Å². The van der Waals surface area contributed by atoms with Crippen LogP contribution in [-0.4, -0.2) is 37.2 Å². The van der Waals surface area contributed by atoms with Gasteiger partial charge in [-0.1, -0.05) is 273 Å². The van der Waals surface area contributed by atoms with Gasteiger partial charge in [-0.25, -0.2) is 0 Å². The maximum Gasteiger partial charge on any atom is 0.306 e. The molecule has 6 heteroatoms. The smallest absolute Gasteiger partial charge is 0.306 e. The molecular formula is C70H124O6. The van der Waals surface area contributed by atoms with Crippen LogP contribution in [0.15, 0.2) is 72.9 Å². The van der Waals surface area contributed by atoms with Crippen LogP contribution < -0.4 is 0 Å². The Hall–Kier alpha value is -3.15. The van der Waals surface area contributed by atoms with Crippen molar-refractivity contribution >= 4 is 17.9 Å². The summed E-state index contributed by atoms with van der Waals surface area (Å²) in [6, 6.07) is 0. The van der Waals surface area contributed by atoms with Crippen molar-refractivity contribution in [3.63, 3.8) is 0 Å². The van der Waals surface area contributed by atoms with Crippen LogP contribution in [0.25, 0.3) is 0 Å². The summed E-state index contributed by atoms with van der Waals surface area (Å²) >= 11 is 0. The highest BCUT2D eigenvalue weighted by Crippen LogP contribution is 2.16. The van der Waals surface area contributed by atoms with Crippen molar-refractivity contribution in [2.45, 2.75) is 341 Å². The zero-order valence-electron chi connectivity index (χ0n) is 50.5. The van der Waals surface area contributed by atoms with Gasteiger partial charge in [-0.05, 0) is 116 Å². The minimum absolute atomic E-state index is 0.0806. The Morgan fingerprint density at radius 3 is 0.763 bits per heavy atom. The summed E-state index contributed by atoms with van der Waals surface area (Å²) < 4.78 is 16.9. The number of allylic oxidation sites excluding steroid dienone is 12. The first kappa shape index (κ1) is 72.8. The molecule has 0 saturated heterocycles. The van der Waals surface area contributed by atoms with E-state index in [4.69, 9.17) is 14.2 Å². The van der Waals surface area contributed by atoms with Gasteiger partial charge >= 0.3 is 17.9 Å². The molecule has 0 N–H and O–H groups in total. The number of esters is 3. The summed E-state index contributed by atoms with van der Waals surface area (Å²) in [5, 5.41) is 0. The Balaban J connectivity index is 4.28. The van der Waals surface area contributed by atoms with Crippen LogP contribution in [0.4, 0.5) is 0 Å². The van der Waals surface area contributed by atoms with E-state index in [0.29, 0.717) is 19.3 Å². The molecule has 0 aliphatic rings. The van der Waals surface area contributed by atoms with E-state index in [0.717, 1.165) is 89.9 Å². The summed E-state index contributed by atoms with van der Waals surface area (Å²) in [6.45, 7) is 6.62. The molecule has 6 nitrogen and oxygen atoms in total. The Kier molecular flexibility index (Phi) is 61.7. The lowest BCUT2D eigenvalue weighted by Crippen LogP contribution is -2.30. The summed E-state index contributed by atoms with van der Waals surface area (Å²) in [7, 11) is 0. The highest BCUT2D eigenvalue weighted by molar-refractivity contribution is 5.71. The van der Waals surface area contributed by atoms with Gasteiger partial charge in [0, 0.05) is 19.3 Å². The molecule has 0 aromatic rings. The van der Waals surface area contributed by atoms with Crippen LogP contribution in [0.1, 0.15) is 335 Å². The minimum Gasteiger partial charge on any atom is -0.462 e. The van der Waals surface area contributed by atoms with Crippen LogP contribution in [0, 0.1) is 0 Å². The third-order valence-electron chi connectivity index (χ3n) is 14.4. The van der Waals surface area contributed by atoms with Crippen molar-refractivity contribution in [1.29, 1.82) is 0 Å². The first-order valence-corrected chi connectivity index (χ1v) is 32.9. The minimum atomic E-state index is -0.784. The third kappa shape index (κ3) is 61.7. The van der Waals surface area contributed by atoms with Crippen molar-refractivity contribution in [2.24, 2.45) is 0 Å². The Bertz CT molecular complexity index is 1400. The molecule has 0 aromatic heterocycles. The maximum absolute atomic E-state index is 12.9. The van der Waals surface area contributed by atoms with Gasteiger partial charge in [0.1, 0.15) is 13.2 Å². The summed E-state index contributed by atoms with van der Waals surface area (Å²) in [4.78, 5) is 38.3. The third-order valence-corrected chi connectivity index (χ3v) is 14.4. The van der Waals surface area contributed by atoms with E-state index in [-0.39, 0.29) is 31.1 Å². The second-order valence-corrected chi connectivity index (χ2v) is 22.0. The van der Waals surface area contributed by atoms with Crippen LogP contribution in [0.2, 0.25) is 0 Å². The normalized spacial score (nSPS) is 12.5. The molecule has 0 rings (SSSR count). The molecule has 0 radical (unpaired) electrons.